The molecule has 76 valence electrons. The summed E-state index contributed by atoms with van der Waals surface area (Å²) in [5.74, 6) is 0. The first-order valence-corrected chi connectivity index (χ1v) is 6.04. The van der Waals surface area contributed by atoms with Gasteiger partial charge in [0.25, 0.3) is 10.1 Å². The Morgan fingerprint density at radius 3 is 2.43 bits per heavy atom. The fraction of sp³-hybridized carbons (Fsp3) is 0.400. The van der Waals surface area contributed by atoms with Crippen LogP contribution >= 0.6 is 0 Å². The van der Waals surface area contributed by atoms with Gasteiger partial charge in [0.05, 0.1) is 6.10 Å². The van der Waals surface area contributed by atoms with E-state index in [0.29, 0.717) is 6.42 Å². The molecule has 0 saturated carbocycles. The zero-order valence-corrected chi connectivity index (χ0v) is 8.70. The van der Waals surface area contributed by atoms with Crippen molar-refractivity contribution in [2.75, 3.05) is 0 Å². The van der Waals surface area contributed by atoms with Crippen LogP contribution in [-0.2, 0) is 14.3 Å². The zero-order chi connectivity index (χ0) is 10.2. The Kier molecular flexibility index (Phi) is 2.33. The van der Waals surface area contributed by atoms with Gasteiger partial charge < -0.3 is 0 Å². The highest BCUT2D eigenvalue weighted by atomic mass is 32.2. The zero-order valence-electron chi connectivity index (χ0n) is 7.88. The topological polar surface area (TPSA) is 43.4 Å². The van der Waals surface area contributed by atoms with E-state index in [1.807, 2.05) is 30.3 Å². The highest BCUT2D eigenvalue weighted by Crippen LogP contribution is 2.36. The van der Waals surface area contributed by atoms with E-state index < -0.39 is 15.4 Å². The predicted molar refractivity (Wildman–Crippen MR) is 53.3 cm³/mol. The Labute approximate surface area is 83.8 Å². The van der Waals surface area contributed by atoms with Gasteiger partial charge in [-0.15, -0.1) is 0 Å². The molecule has 0 aliphatic carbocycles. The Hall–Kier alpha value is -0.870. The summed E-state index contributed by atoms with van der Waals surface area (Å²) >= 11 is 0. The lowest BCUT2D eigenvalue weighted by Gasteiger charge is -2.06. The Balaban J connectivity index is 2.37. The minimum Gasteiger partial charge on any atom is -0.267 e. The summed E-state index contributed by atoms with van der Waals surface area (Å²) in [7, 11) is -3.39. The van der Waals surface area contributed by atoms with Crippen LogP contribution in [0.2, 0.25) is 0 Å². The molecule has 1 fully saturated rings. The fourth-order valence-electron chi connectivity index (χ4n) is 1.73. The highest BCUT2D eigenvalue weighted by molar-refractivity contribution is 7.87. The first kappa shape index (κ1) is 9.68. The lowest BCUT2D eigenvalue weighted by atomic mass is 10.1. The van der Waals surface area contributed by atoms with Crippen LogP contribution in [0.5, 0.6) is 0 Å². The molecule has 0 radical (unpaired) electrons. The number of hydrogen-bond donors (Lipinski definition) is 0. The summed E-state index contributed by atoms with van der Waals surface area (Å²) in [4.78, 5) is 0. The molecule has 1 aliphatic rings. The van der Waals surface area contributed by atoms with Gasteiger partial charge in [0.15, 0.2) is 0 Å². The van der Waals surface area contributed by atoms with E-state index >= 15 is 0 Å². The number of hydrogen-bond acceptors (Lipinski definition) is 3. The molecule has 14 heavy (non-hydrogen) atoms. The fourth-order valence-corrected chi connectivity index (χ4v) is 3.39. The Morgan fingerprint density at radius 2 is 1.93 bits per heavy atom. The van der Waals surface area contributed by atoms with Gasteiger partial charge in [-0.3, -0.25) is 4.18 Å². The van der Waals surface area contributed by atoms with Crippen molar-refractivity contribution in [1.82, 2.24) is 0 Å². The second-order valence-corrected chi connectivity index (χ2v) is 5.28. The molecule has 1 heterocycles. The van der Waals surface area contributed by atoms with Crippen molar-refractivity contribution in [3.63, 3.8) is 0 Å². The third-order valence-electron chi connectivity index (χ3n) is 2.36. The smallest absolute Gasteiger partial charge is 0.267 e. The summed E-state index contributed by atoms with van der Waals surface area (Å²) in [5.41, 5.74) is 0.817. The maximum atomic E-state index is 11.6. The average molecular weight is 212 g/mol. The lowest BCUT2D eigenvalue weighted by Crippen LogP contribution is -2.06. The highest BCUT2D eigenvalue weighted by Gasteiger charge is 2.38. The van der Waals surface area contributed by atoms with Crippen molar-refractivity contribution in [3.05, 3.63) is 35.9 Å². The second-order valence-electron chi connectivity index (χ2n) is 3.53. The number of rotatable bonds is 1. The van der Waals surface area contributed by atoms with Crippen LogP contribution in [-0.4, -0.2) is 14.5 Å². The molecule has 3 nitrogen and oxygen atoms in total. The van der Waals surface area contributed by atoms with Crippen molar-refractivity contribution in [2.24, 2.45) is 0 Å². The molecule has 0 amide bonds. The summed E-state index contributed by atoms with van der Waals surface area (Å²) in [6.07, 6.45) is 0.344. The van der Waals surface area contributed by atoms with Gasteiger partial charge in [-0.2, -0.15) is 8.42 Å². The van der Waals surface area contributed by atoms with Crippen LogP contribution in [0.3, 0.4) is 0 Å². The van der Waals surface area contributed by atoms with Gasteiger partial charge in [-0.1, -0.05) is 30.3 Å². The van der Waals surface area contributed by atoms with E-state index in [0.717, 1.165) is 5.56 Å². The van der Waals surface area contributed by atoms with Gasteiger partial charge in [0.2, 0.25) is 0 Å². The van der Waals surface area contributed by atoms with Crippen LogP contribution in [0.25, 0.3) is 0 Å². The first-order chi connectivity index (χ1) is 6.59. The van der Waals surface area contributed by atoms with E-state index in [9.17, 15) is 8.42 Å². The standard InChI is InChI=1S/C10H12O3S/c1-8-7-10(14(11,12)13-8)9-5-3-2-4-6-9/h2-6,8,10H,7H2,1H3. The maximum absolute atomic E-state index is 11.6. The molecular formula is C10H12O3S. The van der Waals surface area contributed by atoms with Crippen LogP contribution in [0.4, 0.5) is 0 Å². The Bertz CT molecular complexity index is 410. The molecule has 2 unspecified atom stereocenters. The second kappa shape index (κ2) is 3.37. The molecule has 2 atom stereocenters. The molecule has 0 N–H and O–H groups in total. The van der Waals surface area contributed by atoms with E-state index in [1.165, 1.54) is 0 Å². The summed E-state index contributed by atoms with van der Waals surface area (Å²) < 4.78 is 28.0. The molecule has 0 aromatic heterocycles. The van der Waals surface area contributed by atoms with Gasteiger partial charge in [-0.05, 0) is 18.9 Å². The molecule has 0 bridgehead atoms. The van der Waals surface area contributed by atoms with Crippen molar-refractivity contribution in [2.45, 2.75) is 24.7 Å². The van der Waals surface area contributed by atoms with Crippen LogP contribution in [0, 0.1) is 0 Å². The maximum Gasteiger partial charge on any atom is 0.274 e. The molecule has 2 rings (SSSR count). The van der Waals surface area contributed by atoms with Crippen LogP contribution in [0.15, 0.2) is 30.3 Å². The molecule has 0 spiro atoms. The molecule has 1 saturated heterocycles. The van der Waals surface area contributed by atoms with Gasteiger partial charge in [-0.25, -0.2) is 0 Å². The summed E-state index contributed by atoms with van der Waals surface area (Å²) in [6.45, 7) is 1.78. The van der Waals surface area contributed by atoms with E-state index in [-0.39, 0.29) is 6.10 Å². The van der Waals surface area contributed by atoms with Crippen molar-refractivity contribution >= 4 is 10.1 Å². The Morgan fingerprint density at radius 1 is 1.29 bits per heavy atom. The van der Waals surface area contributed by atoms with Crippen molar-refractivity contribution < 1.29 is 12.6 Å². The molecule has 4 heteroatoms. The van der Waals surface area contributed by atoms with Crippen molar-refractivity contribution in [1.29, 1.82) is 0 Å². The largest absolute Gasteiger partial charge is 0.274 e. The summed E-state index contributed by atoms with van der Waals surface area (Å²) in [5, 5.41) is -0.487. The molecule has 1 aromatic carbocycles. The van der Waals surface area contributed by atoms with Gasteiger partial charge in [0.1, 0.15) is 5.25 Å². The average Bonchev–Trinajstić information content (AvgIpc) is 2.41. The third-order valence-corrected chi connectivity index (χ3v) is 4.12. The molecule has 1 aliphatic heterocycles. The predicted octanol–water partition coefficient (Wildman–Crippen LogP) is 1.87. The molecule has 1 aromatic rings. The quantitative estimate of drug-likeness (QED) is 0.667. The van der Waals surface area contributed by atoms with E-state index in [4.69, 9.17) is 4.18 Å². The van der Waals surface area contributed by atoms with Crippen LogP contribution in [0.1, 0.15) is 24.2 Å². The van der Waals surface area contributed by atoms with Crippen LogP contribution < -0.4 is 0 Å². The normalized spacial score (nSPS) is 30.4. The minimum atomic E-state index is -3.39. The molecular weight excluding hydrogens is 200 g/mol. The number of benzene rings is 1. The minimum absolute atomic E-state index is 0.204. The van der Waals surface area contributed by atoms with Crippen molar-refractivity contribution in [3.8, 4) is 0 Å². The van der Waals surface area contributed by atoms with Gasteiger partial charge >= 0.3 is 0 Å². The van der Waals surface area contributed by atoms with Gasteiger partial charge in [0, 0.05) is 0 Å². The summed E-state index contributed by atoms with van der Waals surface area (Å²) in [6, 6.07) is 9.20. The van der Waals surface area contributed by atoms with E-state index in [2.05, 4.69) is 0 Å². The third kappa shape index (κ3) is 1.67. The monoisotopic (exact) mass is 212 g/mol. The van der Waals surface area contributed by atoms with E-state index in [1.54, 1.807) is 6.92 Å². The lowest BCUT2D eigenvalue weighted by molar-refractivity contribution is 0.257. The SMILES string of the molecule is CC1CC(c2ccccc2)S(=O)(=O)O1. The first-order valence-electron chi connectivity index (χ1n) is 4.56.